The monoisotopic (exact) mass is 475 g/mol. The zero-order valence-corrected chi connectivity index (χ0v) is 21.0. The number of piperidine rings is 1. The summed E-state index contributed by atoms with van der Waals surface area (Å²) in [5, 5.41) is 15.2. The van der Waals surface area contributed by atoms with Crippen LogP contribution in [0.5, 0.6) is 0 Å². The highest BCUT2D eigenvalue weighted by Crippen LogP contribution is 2.43. The van der Waals surface area contributed by atoms with Crippen LogP contribution in [-0.4, -0.2) is 35.4 Å². The number of aromatic nitrogens is 1. The lowest BCUT2D eigenvalue weighted by Gasteiger charge is -2.29. The number of quaternary nitrogens is 1. The number of aliphatic hydroxyl groups is 1. The van der Waals surface area contributed by atoms with Crippen LogP contribution in [0, 0.1) is 5.92 Å². The van der Waals surface area contributed by atoms with Crippen molar-refractivity contribution in [3.05, 3.63) is 97.1 Å². The van der Waals surface area contributed by atoms with Crippen LogP contribution in [-0.2, 0) is 6.54 Å². The Morgan fingerprint density at radius 2 is 1.42 bits per heavy atom. The van der Waals surface area contributed by atoms with E-state index in [9.17, 15) is 5.11 Å². The molecule has 0 unspecified atom stereocenters. The van der Waals surface area contributed by atoms with Gasteiger partial charge in [-0.15, -0.1) is 0 Å². The van der Waals surface area contributed by atoms with E-state index >= 15 is 0 Å². The molecule has 3 heteroatoms. The highest BCUT2D eigenvalue weighted by Gasteiger charge is 2.26. The Morgan fingerprint density at radius 3 is 2.14 bits per heavy atom. The number of likely N-dealkylation sites (tertiary alicyclic amines) is 1. The van der Waals surface area contributed by atoms with Gasteiger partial charge in [0.25, 0.3) is 0 Å². The van der Waals surface area contributed by atoms with Crippen molar-refractivity contribution in [2.45, 2.75) is 32.4 Å². The van der Waals surface area contributed by atoms with Crippen LogP contribution in [0.3, 0.4) is 0 Å². The number of benzene rings is 4. The number of nitrogens with one attached hydrogen (secondary N) is 1. The van der Waals surface area contributed by atoms with Gasteiger partial charge in [-0.3, -0.25) is 0 Å². The second-order valence-corrected chi connectivity index (χ2v) is 10.5. The van der Waals surface area contributed by atoms with Gasteiger partial charge in [-0.05, 0) is 35.3 Å². The van der Waals surface area contributed by atoms with Gasteiger partial charge >= 0.3 is 0 Å². The molecule has 0 amide bonds. The van der Waals surface area contributed by atoms with Gasteiger partial charge in [-0.25, -0.2) is 0 Å². The number of aliphatic hydroxyl groups excluding tert-OH is 1. The van der Waals surface area contributed by atoms with Crippen molar-refractivity contribution < 1.29 is 10.0 Å². The summed E-state index contributed by atoms with van der Waals surface area (Å²) in [5.41, 5.74) is 6.04. The molecule has 2 N–H and O–H groups in total. The second kappa shape index (κ2) is 9.93. The van der Waals surface area contributed by atoms with Crippen molar-refractivity contribution in [3.8, 4) is 22.4 Å². The first-order valence-corrected chi connectivity index (χ1v) is 13.4. The Bertz CT molecular complexity index is 1460. The fraction of sp³-hybridized carbons (Fsp3) is 0.273. The minimum absolute atomic E-state index is 0.408. The van der Waals surface area contributed by atoms with Gasteiger partial charge in [-0.1, -0.05) is 104 Å². The average molecular weight is 476 g/mol. The SMILES string of the molecule is CC1CC[NH+](C[C@H](O)Cn2c(-c3ccccc3)c(-c3ccccc3)c3ccc4ccccc4c32)CC1. The summed E-state index contributed by atoms with van der Waals surface area (Å²) in [6, 6.07) is 34.5. The summed E-state index contributed by atoms with van der Waals surface area (Å²) in [5.74, 6) is 0.809. The topological polar surface area (TPSA) is 29.6 Å². The molecule has 4 aromatic carbocycles. The van der Waals surface area contributed by atoms with Crippen LogP contribution in [0.1, 0.15) is 19.8 Å². The molecule has 6 rings (SSSR count). The third-order valence-corrected chi connectivity index (χ3v) is 7.96. The normalized spacial score (nSPS) is 19.1. The molecule has 0 saturated carbocycles. The van der Waals surface area contributed by atoms with Crippen molar-refractivity contribution in [3.63, 3.8) is 0 Å². The fourth-order valence-electron chi connectivity index (χ4n) is 6.08. The molecule has 36 heavy (non-hydrogen) atoms. The molecule has 0 aliphatic carbocycles. The molecule has 1 saturated heterocycles. The smallest absolute Gasteiger partial charge is 0.121 e. The van der Waals surface area contributed by atoms with E-state index in [1.807, 2.05) is 0 Å². The van der Waals surface area contributed by atoms with Crippen LogP contribution >= 0.6 is 0 Å². The highest BCUT2D eigenvalue weighted by atomic mass is 16.3. The molecule has 182 valence electrons. The summed E-state index contributed by atoms with van der Waals surface area (Å²) in [6.45, 7) is 6.05. The van der Waals surface area contributed by atoms with Crippen LogP contribution in [0.25, 0.3) is 44.1 Å². The first-order chi connectivity index (χ1) is 17.7. The molecule has 1 aromatic heterocycles. The van der Waals surface area contributed by atoms with Crippen molar-refractivity contribution in [2.24, 2.45) is 5.92 Å². The number of fused-ring (bicyclic) bond motifs is 3. The highest BCUT2D eigenvalue weighted by molar-refractivity contribution is 6.15. The van der Waals surface area contributed by atoms with Gasteiger partial charge in [-0.2, -0.15) is 0 Å². The van der Waals surface area contributed by atoms with Gasteiger partial charge in [0.05, 0.1) is 30.8 Å². The van der Waals surface area contributed by atoms with Crippen LogP contribution in [0.2, 0.25) is 0 Å². The Morgan fingerprint density at radius 1 is 0.778 bits per heavy atom. The summed E-state index contributed by atoms with van der Waals surface area (Å²) in [7, 11) is 0. The molecule has 1 atom stereocenters. The van der Waals surface area contributed by atoms with Crippen molar-refractivity contribution in [2.75, 3.05) is 19.6 Å². The van der Waals surface area contributed by atoms with E-state index in [4.69, 9.17) is 0 Å². The lowest BCUT2D eigenvalue weighted by atomic mass is 9.97. The second-order valence-electron chi connectivity index (χ2n) is 10.5. The van der Waals surface area contributed by atoms with Crippen molar-refractivity contribution >= 4 is 21.7 Å². The van der Waals surface area contributed by atoms with Crippen molar-refractivity contribution in [1.29, 1.82) is 0 Å². The zero-order valence-electron chi connectivity index (χ0n) is 21.0. The third-order valence-electron chi connectivity index (χ3n) is 7.96. The summed E-state index contributed by atoms with van der Waals surface area (Å²) < 4.78 is 2.41. The van der Waals surface area contributed by atoms with Crippen LogP contribution in [0.15, 0.2) is 97.1 Å². The molecular formula is C33H35N2O+. The first-order valence-electron chi connectivity index (χ1n) is 13.4. The molecule has 3 nitrogen and oxygen atoms in total. The maximum Gasteiger partial charge on any atom is 0.121 e. The van der Waals surface area contributed by atoms with E-state index < -0.39 is 6.10 Å². The molecule has 1 aliphatic heterocycles. The fourth-order valence-corrected chi connectivity index (χ4v) is 6.08. The van der Waals surface area contributed by atoms with E-state index in [1.54, 1.807) is 0 Å². The summed E-state index contributed by atoms with van der Waals surface area (Å²) in [4.78, 5) is 1.53. The molecule has 1 fully saturated rings. The Labute approximate surface area is 213 Å². The standard InChI is InChI=1S/C33H34N2O/c1-24-18-20-34(21-19-24)22-28(36)23-35-32(27-13-6-3-7-14-27)31(26-11-4-2-5-12-26)30-17-16-25-10-8-9-15-29(25)33(30)35/h2-17,24,28,36H,18-23H2,1H3/p+1/t28-/m0/s1. The average Bonchev–Trinajstić information content (AvgIpc) is 3.25. The Balaban J connectivity index is 1.56. The third kappa shape index (κ3) is 4.34. The zero-order chi connectivity index (χ0) is 24.5. The maximum absolute atomic E-state index is 11.5. The largest absolute Gasteiger partial charge is 0.385 e. The molecule has 1 aliphatic rings. The molecule has 5 aromatic rings. The number of hydrogen-bond acceptors (Lipinski definition) is 1. The van der Waals surface area contributed by atoms with Crippen LogP contribution < -0.4 is 4.90 Å². The molecular weight excluding hydrogens is 440 g/mol. The van der Waals surface area contributed by atoms with Gasteiger partial charge in [0.1, 0.15) is 12.6 Å². The van der Waals surface area contributed by atoms with Crippen LogP contribution in [0.4, 0.5) is 0 Å². The lowest BCUT2D eigenvalue weighted by molar-refractivity contribution is -0.909. The number of nitrogens with zero attached hydrogens (tertiary/aromatic N) is 1. The van der Waals surface area contributed by atoms with Crippen molar-refractivity contribution in [1.82, 2.24) is 4.57 Å². The predicted molar refractivity (Wildman–Crippen MR) is 150 cm³/mol. The molecule has 0 bridgehead atoms. The summed E-state index contributed by atoms with van der Waals surface area (Å²) in [6.07, 6.45) is 2.10. The number of hydrogen-bond donors (Lipinski definition) is 2. The molecule has 0 spiro atoms. The lowest BCUT2D eigenvalue weighted by Crippen LogP contribution is -3.14. The Hall–Kier alpha value is -3.40. The van der Waals surface area contributed by atoms with E-state index in [2.05, 4.69) is 109 Å². The number of rotatable bonds is 6. The minimum atomic E-state index is -0.408. The van der Waals surface area contributed by atoms with E-state index in [0.29, 0.717) is 6.54 Å². The van der Waals surface area contributed by atoms with Gasteiger partial charge in [0.2, 0.25) is 0 Å². The minimum Gasteiger partial charge on any atom is -0.385 e. The summed E-state index contributed by atoms with van der Waals surface area (Å²) >= 11 is 0. The van der Waals surface area contributed by atoms with E-state index in [0.717, 1.165) is 25.6 Å². The maximum atomic E-state index is 11.5. The van der Waals surface area contributed by atoms with E-state index in [1.165, 1.54) is 61.8 Å². The van der Waals surface area contributed by atoms with Gasteiger partial charge < -0.3 is 14.6 Å². The predicted octanol–water partition coefficient (Wildman–Crippen LogP) is 5.80. The first kappa shape index (κ1) is 23.0. The molecule has 2 heterocycles. The van der Waals surface area contributed by atoms with Gasteiger partial charge in [0.15, 0.2) is 0 Å². The molecule has 0 radical (unpaired) electrons. The van der Waals surface area contributed by atoms with E-state index in [-0.39, 0.29) is 0 Å². The Kier molecular flexibility index (Phi) is 6.35. The van der Waals surface area contributed by atoms with Gasteiger partial charge in [0, 0.05) is 16.3 Å². The quantitative estimate of drug-likeness (QED) is 0.319.